The van der Waals surface area contributed by atoms with Crippen LogP contribution in [0.15, 0.2) is 48.5 Å². The summed E-state index contributed by atoms with van der Waals surface area (Å²) < 4.78 is 18.7. The van der Waals surface area contributed by atoms with Crippen LogP contribution in [-0.2, 0) is 14.3 Å². The third-order valence-corrected chi connectivity index (χ3v) is 5.22. The number of rotatable bonds is 4. The van der Waals surface area contributed by atoms with Crippen LogP contribution in [-0.4, -0.2) is 18.4 Å². The van der Waals surface area contributed by atoms with Crippen LogP contribution in [0, 0.1) is 11.7 Å². The lowest BCUT2D eigenvalue weighted by atomic mass is 9.73. The van der Waals surface area contributed by atoms with E-state index in [0.717, 1.165) is 11.1 Å². The molecule has 0 aromatic heterocycles. The Morgan fingerprint density at radius 3 is 2.59 bits per heavy atom. The average Bonchev–Trinajstić information content (AvgIpc) is 2.64. The normalized spacial score (nSPS) is 19.6. The first kappa shape index (κ1) is 19.6. The summed E-state index contributed by atoms with van der Waals surface area (Å²) >= 11 is 12.2. The van der Waals surface area contributed by atoms with Crippen LogP contribution in [0.5, 0.6) is 0 Å². The summed E-state index contributed by atoms with van der Waals surface area (Å²) in [5.74, 6) is -3.04. The largest absolute Gasteiger partial charge is 0.465 e. The van der Waals surface area contributed by atoms with Gasteiger partial charge in [-0.1, -0.05) is 47.5 Å². The van der Waals surface area contributed by atoms with Crippen molar-refractivity contribution in [3.05, 3.63) is 75.5 Å². The number of halogens is 3. The summed E-state index contributed by atoms with van der Waals surface area (Å²) in [5.41, 5.74) is 2.05. The zero-order chi connectivity index (χ0) is 19.6. The Hall–Kier alpha value is -2.17. The van der Waals surface area contributed by atoms with Crippen LogP contribution in [0.25, 0.3) is 5.57 Å². The van der Waals surface area contributed by atoms with Gasteiger partial charge in [0.25, 0.3) is 0 Å². The van der Waals surface area contributed by atoms with Crippen molar-refractivity contribution < 1.29 is 18.7 Å². The first-order chi connectivity index (χ1) is 12.9. The highest BCUT2D eigenvalue weighted by Gasteiger charge is 2.40. The molecular weight excluding hydrogens is 390 g/mol. The monoisotopic (exact) mass is 406 g/mol. The molecule has 0 radical (unpaired) electrons. The van der Waals surface area contributed by atoms with Gasteiger partial charge in [0.15, 0.2) is 5.78 Å². The number of ketones is 1. The number of carbonyl (C=O) groups is 2. The summed E-state index contributed by atoms with van der Waals surface area (Å²) in [5, 5.41) is 0.457. The van der Waals surface area contributed by atoms with Crippen molar-refractivity contribution in [2.24, 2.45) is 5.92 Å². The minimum atomic E-state index is -1.00. The highest BCUT2D eigenvalue weighted by Crippen LogP contribution is 2.42. The maximum absolute atomic E-state index is 13.6. The Morgan fingerprint density at radius 2 is 1.93 bits per heavy atom. The molecule has 0 saturated carbocycles. The van der Waals surface area contributed by atoms with Crippen LogP contribution in [0.4, 0.5) is 4.39 Å². The second-order valence-electron chi connectivity index (χ2n) is 6.27. The molecular formula is C21H17Cl2FO3. The summed E-state index contributed by atoms with van der Waals surface area (Å²) in [6.07, 6.45) is 1.82. The fraction of sp³-hybridized carbons (Fsp3) is 0.238. The third kappa shape index (κ3) is 4.07. The van der Waals surface area contributed by atoms with Gasteiger partial charge in [-0.25, -0.2) is 4.39 Å². The van der Waals surface area contributed by atoms with E-state index in [2.05, 4.69) is 0 Å². The van der Waals surface area contributed by atoms with Crippen molar-refractivity contribution in [2.45, 2.75) is 19.3 Å². The van der Waals surface area contributed by atoms with Gasteiger partial charge < -0.3 is 4.74 Å². The fourth-order valence-electron chi connectivity index (χ4n) is 3.35. The smallest absolute Gasteiger partial charge is 0.317 e. The van der Waals surface area contributed by atoms with E-state index in [1.54, 1.807) is 25.1 Å². The average molecular weight is 407 g/mol. The lowest BCUT2D eigenvalue weighted by Crippen LogP contribution is -2.34. The number of allylic oxidation sites excluding steroid dienone is 2. The minimum Gasteiger partial charge on any atom is -0.465 e. The van der Waals surface area contributed by atoms with Gasteiger partial charge in [-0.15, -0.1) is 0 Å². The van der Waals surface area contributed by atoms with Crippen LogP contribution < -0.4 is 0 Å². The molecule has 0 fully saturated rings. The van der Waals surface area contributed by atoms with Crippen molar-refractivity contribution >= 4 is 40.5 Å². The van der Waals surface area contributed by atoms with E-state index in [9.17, 15) is 14.0 Å². The van der Waals surface area contributed by atoms with E-state index in [-0.39, 0.29) is 17.4 Å². The zero-order valence-electron chi connectivity index (χ0n) is 14.5. The van der Waals surface area contributed by atoms with Gasteiger partial charge in [-0.05, 0) is 54.3 Å². The number of hydrogen-bond acceptors (Lipinski definition) is 3. The van der Waals surface area contributed by atoms with E-state index in [4.69, 9.17) is 27.9 Å². The van der Waals surface area contributed by atoms with Crippen LogP contribution in [0.2, 0.25) is 10.0 Å². The topological polar surface area (TPSA) is 43.4 Å². The highest BCUT2D eigenvalue weighted by molar-refractivity contribution is 6.32. The predicted octanol–water partition coefficient (Wildman–Crippen LogP) is 5.45. The van der Waals surface area contributed by atoms with Gasteiger partial charge in [0.1, 0.15) is 11.7 Å². The molecule has 0 spiro atoms. The van der Waals surface area contributed by atoms with Gasteiger partial charge in [-0.2, -0.15) is 0 Å². The lowest BCUT2D eigenvalue weighted by molar-refractivity contribution is -0.151. The maximum Gasteiger partial charge on any atom is 0.317 e. The Morgan fingerprint density at radius 1 is 1.19 bits per heavy atom. The number of ether oxygens (including phenoxy) is 1. The summed E-state index contributed by atoms with van der Waals surface area (Å²) in [6, 6.07) is 11.4. The summed E-state index contributed by atoms with van der Waals surface area (Å²) in [6.45, 7) is 1.85. The quantitative estimate of drug-likeness (QED) is 0.500. The Kier molecular flexibility index (Phi) is 5.98. The van der Waals surface area contributed by atoms with E-state index in [0.29, 0.717) is 17.0 Å². The molecule has 0 saturated heterocycles. The molecule has 0 amide bonds. The maximum atomic E-state index is 13.6. The molecule has 3 rings (SSSR count). The van der Waals surface area contributed by atoms with Gasteiger partial charge in [0.2, 0.25) is 0 Å². The molecule has 3 nitrogen and oxygen atoms in total. The van der Waals surface area contributed by atoms with Gasteiger partial charge in [-0.3, -0.25) is 9.59 Å². The van der Waals surface area contributed by atoms with Crippen molar-refractivity contribution in [3.8, 4) is 0 Å². The SMILES string of the molecule is CCOC(=O)C1C(=O)C=C(c2ccccc2Cl)CC1c1ccc(F)c(Cl)c1. The number of hydrogen-bond donors (Lipinski definition) is 0. The lowest BCUT2D eigenvalue weighted by Gasteiger charge is -2.30. The zero-order valence-corrected chi connectivity index (χ0v) is 16.1. The summed E-state index contributed by atoms with van der Waals surface area (Å²) in [7, 11) is 0. The first-order valence-corrected chi connectivity index (χ1v) is 9.28. The van der Waals surface area contributed by atoms with E-state index >= 15 is 0 Å². The molecule has 27 heavy (non-hydrogen) atoms. The number of benzene rings is 2. The van der Waals surface area contributed by atoms with Gasteiger partial charge in [0.05, 0.1) is 11.6 Å². The van der Waals surface area contributed by atoms with Crippen molar-refractivity contribution in [1.29, 1.82) is 0 Å². The highest BCUT2D eigenvalue weighted by atomic mass is 35.5. The van der Waals surface area contributed by atoms with Crippen LogP contribution >= 0.6 is 23.2 Å². The number of carbonyl (C=O) groups excluding carboxylic acids is 2. The molecule has 0 N–H and O–H groups in total. The molecule has 140 valence electrons. The molecule has 1 aliphatic rings. The molecule has 0 aliphatic heterocycles. The summed E-state index contributed by atoms with van der Waals surface area (Å²) in [4.78, 5) is 25.3. The van der Waals surface area contributed by atoms with Crippen LogP contribution in [0.3, 0.4) is 0 Å². The minimum absolute atomic E-state index is 0.0589. The van der Waals surface area contributed by atoms with E-state index in [1.807, 2.05) is 12.1 Å². The van der Waals surface area contributed by atoms with E-state index < -0.39 is 23.6 Å². The molecule has 0 heterocycles. The molecule has 2 unspecified atom stereocenters. The molecule has 0 bridgehead atoms. The molecule has 6 heteroatoms. The van der Waals surface area contributed by atoms with Crippen molar-refractivity contribution in [3.63, 3.8) is 0 Å². The molecule has 1 aliphatic carbocycles. The van der Waals surface area contributed by atoms with Crippen molar-refractivity contribution in [2.75, 3.05) is 6.61 Å². The standard InChI is InChI=1S/C21H17Cl2FO3/c1-2-27-21(26)20-15(12-7-8-18(24)17(23)10-12)9-13(11-19(20)25)14-5-3-4-6-16(14)22/h3-8,10-11,15,20H,2,9H2,1H3. The molecule has 2 aromatic carbocycles. The Labute approximate surface area is 166 Å². The molecule has 2 aromatic rings. The molecule has 2 atom stereocenters. The van der Waals surface area contributed by atoms with Gasteiger partial charge >= 0.3 is 5.97 Å². The number of esters is 1. The van der Waals surface area contributed by atoms with Crippen LogP contribution in [0.1, 0.15) is 30.4 Å². The third-order valence-electron chi connectivity index (χ3n) is 4.60. The van der Waals surface area contributed by atoms with Crippen molar-refractivity contribution in [1.82, 2.24) is 0 Å². The Balaban J connectivity index is 2.07. The second kappa shape index (κ2) is 8.24. The van der Waals surface area contributed by atoms with E-state index in [1.165, 1.54) is 18.2 Å². The van der Waals surface area contributed by atoms with Gasteiger partial charge in [0, 0.05) is 10.9 Å². The first-order valence-electron chi connectivity index (χ1n) is 8.53. The Bertz CT molecular complexity index is 923. The fourth-order valence-corrected chi connectivity index (χ4v) is 3.79. The predicted molar refractivity (Wildman–Crippen MR) is 103 cm³/mol. The second-order valence-corrected chi connectivity index (χ2v) is 7.08.